The molecular weight excluding hydrogens is 459 g/mol. The number of aryl methyl sites for hydroxylation is 2. The van der Waals surface area contributed by atoms with Crippen LogP contribution in [0, 0.1) is 17.5 Å². The van der Waals surface area contributed by atoms with E-state index in [0.717, 1.165) is 17.7 Å². The van der Waals surface area contributed by atoms with Crippen LogP contribution in [0.4, 0.5) is 13.2 Å². The van der Waals surface area contributed by atoms with E-state index < -0.39 is 17.5 Å². The highest BCUT2D eigenvalue weighted by Crippen LogP contribution is 2.33. The van der Waals surface area contributed by atoms with Gasteiger partial charge < -0.3 is 9.64 Å². The SMILES string of the molecule is COc1ccc(C(=O)N2CCc3c(nn(C)c3-c3cc(F)c(F)c(F)c3)C2)cc1-c1ccn(C)n1. The smallest absolute Gasteiger partial charge is 0.254 e. The summed E-state index contributed by atoms with van der Waals surface area (Å²) in [5.41, 5.74) is 4.00. The summed E-state index contributed by atoms with van der Waals surface area (Å²) in [5.74, 6) is -3.60. The lowest BCUT2D eigenvalue weighted by atomic mass is 9.98. The highest BCUT2D eigenvalue weighted by Gasteiger charge is 2.29. The Bertz CT molecular complexity index is 1440. The minimum atomic E-state index is -1.51. The molecule has 5 rings (SSSR count). The van der Waals surface area contributed by atoms with Crippen LogP contribution >= 0.6 is 0 Å². The molecule has 0 spiro atoms. The van der Waals surface area contributed by atoms with Crippen molar-refractivity contribution in [2.24, 2.45) is 14.1 Å². The number of aromatic nitrogens is 4. The number of hydrogen-bond donors (Lipinski definition) is 0. The van der Waals surface area contributed by atoms with Crippen molar-refractivity contribution in [3.05, 3.63) is 76.9 Å². The largest absolute Gasteiger partial charge is 0.496 e. The van der Waals surface area contributed by atoms with Crippen LogP contribution in [0.3, 0.4) is 0 Å². The number of halogens is 3. The first-order valence-corrected chi connectivity index (χ1v) is 10.9. The molecule has 0 saturated heterocycles. The van der Waals surface area contributed by atoms with Crippen LogP contribution in [-0.4, -0.2) is 44.0 Å². The lowest BCUT2D eigenvalue weighted by Gasteiger charge is -2.27. The zero-order valence-corrected chi connectivity index (χ0v) is 19.3. The average Bonchev–Trinajstić information content (AvgIpc) is 3.42. The van der Waals surface area contributed by atoms with Gasteiger partial charge in [0.1, 0.15) is 5.75 Å². The molecule has 0 fully saturated rings. The molecule has 7 nitrogen and oxygen atoms in total. The fourth-order valence-corrected chi connectivity index (χ4v) is 4.53. The number of amides is 1. The first-order valence-electron chi connectivity index (χ1n) is 10.9. The number of rotatable bonds is 4. The highest BCUT2D eigenvalue weighted by molar-refractivity contribution is 5.96. The summed E-state index contributed by atoms with van der Waals surface area (Å²) in [5, 5.41) is 8.90. The zero-order chi connectivity index (χ0) is 24.9. The Morgan fingerprint density at radius 1 is 1.03 bits per heavy atom. The van der Waals surface area contributed by atoms with Gasteiger partial charge in [0, 0.05) is 49.1 Å². The van der Waals surface area contributed by atoms with E-state index in [-0.39, 0.29) is 18.0 Å². The van der Waals surface area contributed by atoms with E-state index in [9.17, 15) is 18.0 Å². The van der Waals surface area contributed by atoms with E-state index in [2.05, 4.69) is 10.2 Å². The third kappa shape index (κ3) is 3.94. The number of nitrogens with zero attached hydrogens (tertiary/aromatic N) is 5. The maximum absolute atomic E-state index is 13.8. The van der Waals surface area contributed by atoms with Crippen LogP contribution < -0.4 is 4.74 Å². The summed E-state index contributed by atoms with van der Waals surface area (Å²) >= 11 is 0. The Labute approximate surface area is 199 Å². The van der Waals surface area contributed by atoms with E-state index in [1.165, 1.54) is 4.68 Å². The van der Waals surface area contributed by atoms with Crippen LogP contribution in [0.25, 0.3) is 22.5 Å². The van der Waals surface area contributed by atoms with Gasteiger partial charge in [0.25, 0.3) is 5.91 Å². The first kappa shape index (κ1) is 22.7. The normalized spacial score (nSPS) is 13.1. The van der Waals surface area contributed by atoms with E-state index in [4.69, 9.17) is 4.74 Å². The molecule has 1 aliphatic heterocycles. The van der Waals surface area contributed by atoms with Crippen LogP contribution in [-0.2, 0) is 27.1 Å². The van der Waals surface area contributed by atoms with Crippen molar-refractivity contribution in [1.29, 1.82) is 0 Å². The molecule has 2 aromatic heterocycles. The molecule has 0 radical (unpaired) electrons. The number of fused-ring (bicyclic) bond motifs is 1. The lowest BCUT2D eigenvalue weighted by molar-refractivity contribution is 0.0732. The third-order valence-electron chi connectivity index (χ3n) is 6.18. The number of methoxy groups -OCH3 is 1. The summed E-state index contributed by atoms with van der Waals surface area (Å²) in [4.78, 5) is 15.0. The van der Waals surface area contributed by atoms with Crippen LogP contribution in [0.5, 0.6) is 5.75 Å². The Kier molecular flexibility index (Phi) is 5.58. The van der Waals surface area contributed by atoms with Gasteiger partial charge in [0.05, 0.1) is 30.7 Å². The summed E-state index contributed by atoms with van der Waals surface area (Å²) in [6, 6.07) is 8.97. The number of benzene rings is 2. The van der Waals surface area contributed by atoms with Crippen molar-refractivity contribution in [3.8, 4) is 28.3 Å². The quantitative estimate of drug-likeness (QED) is 0.412. The monoisotopic (exact) mass is 481 g/mol. The minimum Gasteiger partial charge on any atom is -0.496 e. The van der Waals surface area contributed by atoms with Crippen molar-refractivity contribution >= 4 is 5.91 Å². The van der Waals surface area contributed by atoms with Crippen LogP contribution in [0.1, 0.15) is 21.6 Å². The van der Waals surface area contributed by atoms with Gasteiger partial charge in [-0.05, 0) is 42.8 Å². The van der Waals surface area contributed by atoms with Crippen molar-refractivity contribution in [2.45, 2.75) is 13.0 Å². The van der Waals surface area contributed by atoms with Crippen molar-refractivity contribution in [1.82, 2.24) is 24.5 Å². The zero-order valence-electron chi connectivity index (χ0n) is 19.3. The van der Waals surface area contributed by atoms with Gasteiger partial charge in [0.15, 0.2) is 17.5 Å². The second kappa shape index (κ2) is 8.61. The first-order chi connectivity index (χ1) is 16.8. The number of ether oxygens (including phenoxy) is 1. The predicted octanol–water partition coefficient (Wildman–Crippen LogP) is 4.11. The Hall–Kier alpha value is -4.08. The van der Waals surface area contributed by atoms with Gasteiger partial charge in [-0.25, -0.2) is 13.2 Å². The predicted molar refractivity (Wildman–Crippen MR) is 122 cm³/mol. The fraction of sp³-hybridized carbons (Fsp3) is 0.240. The average molecular weight is 481 g/mol. The Balaban J connectivity index is 1.45. The molecule has 2 aromatic carbocycles. The maximum atomic E-state index is 13.8. The Morgan fingerprint density at radius 3 is 2.43 bits per heavy atom. The van der Waals surface area contributed by atoms with Gasteiger partial charge in [0.2, 0.25) is 0 Å². The van der Waals surface area contributed by atoms with Crippen molar-refractivity contribution < 1.29 is 22.7 Å². The van der Waals surface area contributed by atoms with Crippen molar-refractivity contribution in [2.75, 3.05) is 13.7 Å². The van der Waals surface area contributed by atoms with E-state index in [1.807, 2.05) is 19.3 Å². The summed E-state index contributed by atoms with van der Waals surface area (Å²) < 4.78 is 49.8. The second-order valence-corrected chi connectivity index (χ2v) is 8.42. The van der Waals surface area contributed by atoms with Gasteiger partial charge in [-0.3, -0.25) is 14.2 Å². The van der Waals surface area contributed by atoms with Crippen LogP contribution in [0.15, 0.2) is 42.6 Å². The van der Waals surface area contributed by atoms with Gasteiger partial charge in [-0.2, -0.15) is 10.2 Å². The lowest BCUT2D eigenvalue weighted by Crippen LogP contribution is -2.36. The van der Waals surface area contributed by atoms with E-state index in [1.54, 1.807) is 41.9 Å². The molecule has 4 aromatic rings. The van der Waals surface area contributed by atoms with E-state index in [0.29, 0.717) is 46.9 Å². The Morgan fingerprint density at radius 2 is 1.77 bits per heavy atom. The third-order valence-corrected chi connectivity index (χ3v) is 6.18. The molecule has 0 N–H and O–H groups in total. The van der Waals surface area contributed by atoms with Gasteiger partial charge in [-0.1, -0.05) is 0 Å². The van der Waals surface area contributed by atoms with Crippen LogP contribution in [0.2, 0.25) is 0 Å². The second-order valence-electron chi connectivity index (χ2n) is 8.42. The molecule has 0 unspecified atom stereocenters. The number of carbonyl (C=O) groups is 1. The molecule has 3 heterocycles. The highest BCUT2D eigenvalue weighted by atomic mass is 19.2. The standard InChI is InChI=1S/C25H22F3N5O2/c1-31-8-7-20(29-31)17-10-14(4-5-22(17)35-3)25(34)33-9-6-16-21(13-33)30-32(2)24(16)15-11-18(26)23(28)19(27)12-15/h4-5,7-8,10-12H,6,9,13H2,1-3H3. The molecule has 0 bridgehead atoms. The maximum Gasteiger partial charge on any atom is 0.254 e. The minimum absolute atomic E-state index is 0.179. The number of hydrogen-bond acceptors (Lipinski definition) is 4. The van der Waals surface area contributed by atoms with Gasteiger partial charge >= 0.3 is 0 Å². The van der Waals surface area contributed by atoms with Crippen molar-refractivity contribution in [3.63, 3.8) is 0 Å². The molecule has 0 aliphatic carbocycles. The topological polar surface area (TPSA) is 65.2 Å². The molecule has 35 heavy (non-hydrogen) atoms. The summed E-state index contributed by atoms with van der Waals surface area (Å²) in [6.45, 7) is 0.626. The number of carbonyl (C=O) groups excluding carboxylic acids is 1. The molecule has 180 valence electrons. The molecular formula is C25H22F3N5O2. The fourth-order valence-electron chi connectivity index (χ4n) is 4.53. The molecule has 1 amide bonds. The van der Waals surface area contributed by atoms with Gasteiger partial charge in [-0.15, -0.1) is 0 Å². The summed E-state index contributed by atoms with van der Waals surface area (Å²) in [7, 11) is 5.03. The van der Waals surface area contributed by atoms with E-state index >= 15 is 0 Å². The molecule has 0 saturated carbocycles. The molecule has 0 atom stereocenters. The molecule has 1 aliphatic rings. The molecule has 10 heteroatoms. The summed E-state index contributed by atoms with van der Waals surface area (Å²) in [6.07, 6.45) is 2.25.